The molecule has 1 N–H and O–H groups in total. The first kappa shape index (κ1) is 10.2. The van der Waals surface area contributed by atoms with E-state index in [1.807, 2.05) is 0 Å². The van der Waals surface area contributed by atoms with Crippen LogP contribution in [0.5, 0.6) is 0 Å². The van der Waals surface area contributed by atoms with Gasteiger partial charge in [-0.2, -0.15) is 10.2 Å². The van der Waals surface area contributed by atoms with Crippen LogP contribution in [0.1, 0.15) is 20.3 Å². The van der Waals surface area contributed by atoms with Crippen LogP contribution in [0.2, 0.25) is 0 Å². The highest BCUT2D eigenvalue weighted by Crippen LogP contribution is 2.01. The van der Waals surface area contributed by atoms with Crippen molar-refractivity contribution in [2.24, 2.45) is 21.1 Å². The summed E-state index contributed by atoms with van der Waals surface area (Å²) >= 11 is 0. The van der Waals surface area contributed by atoms with E-state index in [9.17, 15) is 0 Å². The molecule has 0 saturated heterocycles. The van der Waals surface area contributed by atoms with E-state index in [1.165, 1.54) is 0 Å². The van der Waals surface area contributed by atoms with Crippen molar-refractivity contribution in [3.8, 4) is 0 Å². The number of nitrogens with zero attached hydrogens (tertiary/aromatic N) is 3. The molecule has 1 heterocycles. The van der Waals surface area contributed by atoms with Crippen LogP contribution in [0.4, 0.5) is 0 Å². The molecule has 0 bridgehead atoms. The molecule has 0 radical (unpaired) electrons. The summed E-state index contributed by atoms with van der Waals surface area (Å²) in [5.41, 5.74) is 0. The Hall–Kier alpha value is -0.930. The van der Waals surface area contributed by atoms with E-state index in [1.54, 1.807) is 0 Å². The predicted octanol–water partition coefficient (Wildman–Crippen LogP) is 1.49. The number of rotatable bonds is 5. The summed E-state index contributed by atoms with van der Waals surface area (Å²) in [6.07, 6.45) is 1.07. The fourth-order valence-corrected chi connectivity index (χ4v) is 1.18. The molecule has 0 saturated carbocycles. The van der Waals surface area contributed by atoms with E-state index in [0.717, 1.165) is 38.4 Å². The van der Waals surface area contributed by atoms with Crippen LogP contribution in [0.25, 0.3) is 0 Å². The van der Waals surface area contributed by atoms with Gasteiger partial charge in [-0.25, -0.2) is 0 Å². The quantitative estimate of drug-likeness (QED) is 0.643. The molecule has 13 heavy (non-hydrogen) atoms. The lowest BCUT2D eigenvalue weighted by Crippen LogP contribution is -2.26. The Morgan fingerprint density at radius 1 is 1.54 bits per heavy atom. The molecule has 0 aromatic carbocycles. The largest absolute Gasteiger partial charge is 0.372 e. The molecule has 74 valence electrons. The van der Waals surface area contributed by atoms with E-state index in [4.69, 9.17) is 0 Å². The molecule has 1 rings (SSSR count). The molecule has 0 amide bonds. The minimum Gasteiger partial charge on any atom is -0.372 e. The van der Waals surface area contributed by atoms with Crippen molar-refractivity contribution in [1.29, 1.82) is 0 Å². The summed E-state index contributed by atoms with van der Waals surface area (Å²) in [7, 11) is 0. The van der Waals surface area contributed by atoms with E-state index < -0.39 is 0 Å². The second kappa shape index (κ2) is 5.67. The summed E-state index contributed by atoms with van der Waals surface area (Å²) in [4.78, 5) is 4.34. The third kappa shape index (κ3) is 3.53. The van der Waals surface area contributed by atoms with Gasteiger partial charge in [0.15, 0.2) is 0 Å². The van der Waals surface area contributed by atoms with Crippen LogP contribution in [-0.4, -0.2) is 32.0 Å². The molecule has 1 atom stereocenters. The standard InChI is InChI=1S/C9H18N4/c1-3-4-12-13-7-8(2)9-10-5-6-11-9/h8H,3-7H2,1-2H3,(H,10,11). The van der Waals surface area contributed by atoms with Crippen LogP contribution in [-0.2, 0) is 0 Å². The molecule has 0 aliphatic carbocycles. The lowest BCUT2D eigenvalue weighted by atomic mass is 10.1. The topological polar surface area (TPSA) is 49.1 Å². The Kier molecular flexibility index (Phi) is 4.43. The van der Waals surface area contributed by atoms with Crippen molar-refractivity contribution < 1.29 is 0 Å². The van der Waals surface area contributed by atoms with Gasteiger partial charge in [0.05, 0.1) is 19.6 Å². The fraction of sp³-hybridized carbons (Fsp3) is 0.889. The van der Waals surface area contributed by atoms with Crippen LogP contribution < -0.4 is 5.32 Å². The fourth-order valence-electron chi connectivity index (χ4n) is 1.18. The van der Waals surface area contributed by atoms with Gasteiger partial charge in [-0.1, -0.05) is 13.8 Å². The summed E-state index contributed by atoms with van der Waals surface area (Å²) < 4.78 is 0. The average Bonchev–Trinajstić information content (AvgIpc) is 2.65. The summed E-state index contributed by atoms with van der Waals surface area (Å²) in [5, 5.41) is 11.4. The van der Waals surface area contributed by atoms with Crippen molar-refractivity contribution in [3.63, 3.8) is 0 Å². The van der Waals surface area contributed by atoms with Crippen molar-refractivity contribution in [1.82, 2.24) is 5.32 Å². The minimum absolute atomic E-state index is 0.392. The van der Waals surface area contributed by atoms with Crippen LogP contribution in [0.15, 0.2) is 15.2 Å². The molecule has 4 heteroatoms. The molecule has 4 nitrogen and oxygen atoms in total. The van der Waals surface area contributed by atoms with Crippen molar-refractivity contribution in [2.75, 3.05) is 26.2 Å². The van der Waals surface area contributed by atoms with Crippen LogP contribution in [0.3, 0.4) is 0 Å². The first-order valence-corrected chi connectivity index (χ1v) is 4.96. The molecular weight excluding hydrogens is 164 g/mol. The number of aliphatic imine (C=N–C) groups is 1. The maximum Gasteiger partial charge on any atom is 0.101 e. The lowest BCUT2D eigenvalue weighted by Gasteiger charge is -2.07. The zero-order chi connectivity index (χ0) is 9.52. The molecule has 0 fully saturated rings. The lowest BCUT2D eigenvalue weighted by molar-refractivity contribution is 0.707. The monoisotopic (exact) mass is 182 g/mol. The van der Waals surface area contributed by atoms with Gasteiger partial charge in [0.25, 0.3) is 0 Å². The third-order valence-electron chi connectivity index (χ3n) is 1.95. The number of azo groups is 1. The highest BCUT2D eigenvalue weighted by Gasteiger charge is 2.12. The summed E-state index contributed by atoms with van der Waals surface area (Å²) in [6.45, 7) is 7.71. The van der Waals surface area contributed by atoms with Gasteiger partial charge in [0.1, 0.15) is 5.84 Å². The maximum atomic E-state index is 4.34. The Morgan fingerprint density at radius 2 is 2.38 bits per heavy atom. The van der Waals surface area contributed by atoms with Crippen molar-refractivity contribution >= 4 is 5.84 Å². The van der Waals surface area contributed by atoms with Gasteiger partial charge >= 0.3 is 0 Å². The van der Waals surface area contributed by atoms with E-state index in [-0.39, 0.29) is 0 Å². The van der Waals surface area contributed by atoms with Crippen molar-refractivity contribution in [3.05, 3.63) is 0 Å². The molecule has 1 aliphatic heterocycles. The smallest absolute Gasteiger partial charge is 0.101 e. The highest BCUT2D eigenvalue weighted by atomic mass is 15.1. The van der Waals surface area contributed by atoms with Gasteiger partial charge in [-0.05, 0) is 6.42 Å². The normalized spacial score (nSPS) is 18.8. The van der Waals surface area contributed by atoms with Crippen LogP contribution in [0, 0.1) is 5.92 Å². The molecule has 1 aliphatic rings. The van der Waals surface area contributed by atoms with Gasteiger partial charge in [0, 0.05) is 12.5 Å². The molecule has 0 aromatic rings. The van der Waals surface area contributed by atoms with Gasteiger partial charge in [0.2, 0.25) is 0 Å². The zero-order valence-electron chi connectivity index (χ0n) is 8.45. The van der Waals surface area contributed by atoms with E-state index in [0.29, 0.717) is 5.92 Å². The second-order valence-electron chi connectivity index (χ2n) is 3.28. The maximum absolute atomic E-state index is 4.34. The number of hydrogen-bond donors (Lipinski definition) is 1. The number of nitrogens with one attached hydrogen (secondary N) is 1. The molecule has 1 unspecified atom stereocenters. The van der Waals surface area contributed by atoms with Crippen molar-refractivity contribution in [2.45, 2.75) is 20.3 Å². The first-order chi connectivity index (χ1) is 6.34. The van der Waals surface area contributed by atoms with Gasteiger partial charge in [-0.15, -0.1) is 0 Å². The number of amidine groups is 1. The van der Waals surface area contributed by atoms with E-state index in [2.05, 4.69) is 34.4 Å². The third-order valence-corrected chi connectivity index (χ3v) is 1.95. The van der Waals surface area contributed by atoms with Gasteiger partial charge in [-0.3, -0.25) is 4.99 Å². The van der Waals surface area contributed by atoms with Gasteiger partial charge < -0.3 is 5.32 Å². The molecular formula is C9H18N4. The highest BCUT2D eigenvalue weighted by molar-refractivity contribution is 5.85. The Bertz CT molecular complexity index is 198. The molecule has 0 spiro atoms. The minimum atomic E-state index is 0.392. The number of hydrogen-bond acceptors (Lipinski definition) is 4. The zero-order valence-corrected chi connectivity index (χ0v) is 8.45. The first-order valence-electron chi connectivity index (χ1n) is 4.96. The second-order valence-corrected chi connectivity index (χ2v) is 3.28. The SMILES string of the molecule is CCCN=NCC(C)C1=NCCN1. The Balaban J connectivity index is 2.20. The van der Waals surface area contributed by atoms with Crippen LogP contribution >= 0.6 is 0 Å². The Labute approximate surface area is 79.5 Å². The Morgan fingerprint density at radius 3 is 3.00 bits per heavy atom. The molecule has 0 aromatic heterocycles. The van der Waals surface area contributed by atoms with E-state index >= 15 is 0 Å². The summed E-state index contributed by atoms with van der Waals surface area (Å²) in [5.74, 6) is 1.48. The predicted molar refractivity (Wildman–Crippen MR) is 54.3 cm³/mol. The average molecular weight is 182 g/mol. The summed E-state index contributed by atoms with van der Waals surface area (Å²) in [6, 6.07) is 0.